The highest BCUT2D eigenvalue weighted by atomic mass is 32.2. The molecule has 2 N–H and O–H groups in total. The summed E-state index contributed by atoms with van der Waals surface area (Å²) in [5.41, 5.74) is -3.55. The van der Waals surface area contributed by atoms with Crippen molar-refractivity contribution in [2.75, 3.05) is 11.9 Å². The highest BCUT2D eigenvalue weighted by Gasteiger charge is 2.59. The van der Waals surface area contributed by atoms with Gasteiger partial charge in [0.15, 0.2) is 17.0 Å². The number of fused-ring (bicyclic) bond motifs is 1. The highest BCUT2D eigenvalue weighted by molar-refractivity contribution is 7.87. The number of rotatable bonds is 19. The summed E-state index contributed by atoms with van der Waals surface area (Å²) in [6.07, 6.45) is -5.76. The fourth-order valence-corrected chi connectivity index (χ4v) is 12.4. The number of hydrogen-bond donors (Lipinski definition) is 2. The Balaban J connectivity index is 1.08. The monoisotopic (exact) mass is 1160 g/mol. The van der Waals surface area contributed by atoms with Crippen molar-refractivity contribution in [3.8, 4) is 0 Å². The van der Waals surface area contributed by atoms with Crippen molar-refractivity contribution < 1.29 is 40.0 Å². The molecule has 4 atom stereocenters. The van der Waals surface area contributed by atoms with Crippen LogP contribution in [-0.2, 0) is 45.3 Å². The van der Waals surface area contributed by atoms with Crippen molar-refractivity contribution >= 4 is 39.4 Å². The van der Waals surface area contributed by atoms with Crippen LogP contribution in [0.4, 0.5) is 19.1 Å². The van der Waals surface area contributed by atoms with Gasteiger partial charge in [0, 0.05) is 0 Å². The zero-order valence-corrected chi connectivity index (χ0v) is 46.4. The molecule has 9 aromatic carbocycles. The van der Waals surface area contributed by atoms with Crippen LogP contribution in [0.25, 0.3) is 11.2 Å². The number of hydrogen-bond acceptors (Lipinski definition) is 10. The minimum absolute atomic E-state index is 0.00811. The molecule has 1 aliphatic rings. The van der Waals surface area contributed by atoms with Gasteiger partial charge in [0.2, 0.25) is 5.95 Å². The van der Waals surface area contributed by atoms with Crippen LogP contribution < -0.4 is 5.32 Å². The molecule has 0 unspecified atom stereocenters. The van der Waals surface area contributed by atoms with Gasteiger partial charge in [-0.2, -0.15) is 21.6 Å². The van der Waals surface area contributed by atoms with Crippen LogP contribution in [0.2, 0.25) is 0 Å². The molecule has 11 nitrogen and oxygen atoms in total. The normalized spacial score (nSPS) is 16.8. The van der Waals surface area contributed by atoms with Crippen molar-refractivity contribution in [1.82, 2.24) is 19.5 Å². The fraction of sp³-hybridized carbons (Fsp3) is 0.132. The Bertz CT molecular complexity index is 3850. The molecule has 16 heteroatoms. The minimum Gasteiger partial charge on any atom is -0.358 e. The molecule has 0 saturated carbocycles. The second-order valence-corrected chi connectivity index (χ2v) is 22.1. The summed E-state index contributed by atoms with van der Waals surface area (Å²) >= 11 is 6.03. The van der Waals surface area contributed by atoms with Crippen LogP contribution in [0.15, 0.2) is 279 Å². The Morgan fingerprint density at radius 3 is 1.21 bits per heavy atom. The number of halogens is 3. The van der Waals surface area contributed by atoms with E-state index in [4.69, 9.17) is 35.6 Å². The third-order valence-electron chi connectivity index (χ3n) is 15.3. The molecular weight excluding hydrogens is 1100 g/mol. The summed E-state index contributed by atoms with van der Waals surface area (Å²) in [5.74, 6) is 0.131. The Hall–Kier alpha value is -8.87. The van der Waals surface area contributed by atoms with Gasteiger partial charge < -0.3 is 24.5 Å². The van der Waals surface area contributed by atoms with Crippen molar-refractivity contribution in [2.24, 2.45) is 0 Å². The lowest BCUT2D eigenvalue weighted by molar-refractivity contribution is -0.131. The number of alkyl halides is 3. The van der Waals surface area contributed by atoms with Gasteiger partial charge in [-0.3, -0.25) is 8.75 Å². The smallest absolute Gasteiger partial charge is 0.358 e. The number of nitrogens with one attached hydrogen (secondary N) is 2. The number of ether oxygens (including phenoxy) is 3. The molecule has 0 radical (unpaired) electrons. The Kier molecular flexibility index (Phi) is 15.5. The number of nitrogens with zero attached hydrogens (tertiary/aromatic N) is 3. The molecule has 2 aromatic heterocycles. The molecule has 1 fully saturated rings. The number of anilines is 1. The molecule has 0 aliphatic carbocycles. The molecule has 3 heterocycles. The maximum atomic E-state index is 15.2. The first-order valence-electron chi connectivity index (χ1n) is 27.1. The lowest BCUT2D eigenvalue weighted by Gasteiger charge is -2.41. The zero-order chi connectivity index (χ0) is 57.8. The number of imidazole rings is 1. The lowest BCUT2D eigenvalue weighted by Crippen LogP contribution is -2.48. The molecule has 0 spiro atoms. The lowest BCUT2D eigenvalue weighted by atomic mass is 9.77. The Labute approximate surface area is 489 Å². The third-order valence-corrected chi connectivity index (χ3v) is 16.6. The molecule has 1 saturated heterocycles. The second kappa shape index (κ2) is 23.4. The van der Waals surface area contributed by atoms with Gasteiger partial charge >= 0.3 is 15.6 Å². The summed E-state index contributed by atoms with van der Waals surface area (Å²) in [5, 5.41) is 3.70. The van der Waals surface area contributed by atoms with E-state index in [9.17, 15) is 8.42 Å². The highest BCUT2D eigenvalue weighted by Crippen LogP contribution is 2.49. The van der Waals surface area contributed by atoms with E-state index < -0.39 is 63.5 Å². The van der Waals surface area contributed by atoms with E-state index >= 15 is 13.2 Å². The average Bonchev–Trinajstić information content (AvgIpc) is 3.87. The van der Waals surface area contributed by atoms with Crippen LogP contribution in [0.5, 0.6) is 0 Å². The van der Waals surface area contributed by atoms with E-state index in [2.05, 4.69) is 15.3 Å². The van der Waals surface area contributed by atoms with E-state index in [0.717, 1.165) is 16.7 Å². The molecule has 0 bridgehead atoms. The van der Waals surface area contributed by atoms with Gasteiger partial charge in [-0.15, -0.1) is 0 Å². The van der Waals surface area contributed by atoms with E-state index in [0.29, 0.717) is 33.4 Å². The van der Waals surface area contributed by atoms with Gasteiger partial charge in [-0.1, -0.05) is 285 Å². The first kappa shape index (κ1) is 55.7. The summed E-state index contributed by atoms with van der Waals surface area (Å²) in [7, 11) is -6.46. The third kappa shape index (κ3) is 10.3. The molecule has 1 aliphatic heterocycles. The van der Waals surface area contributed by atoms with Crippen LogP contribution in [-0.4, -0.2) is 58.4 Å². The van der Waals surface area contributed by atoms with Crippen molar-refractivity contribution in [2.45, 2.75) is 46.8 Å². The van der Waals surface area contributed by atoms with E-state index in [1.165, 1.54) is 10.9 Å². The molecule has 84 heavy (non-hydrogen) atoms. The maximum Gasteiger partial charge on any atom is 0.523 e. The molecular formula is C68H54F3N5O6S2. The standard InChI is InChI=1S/C68H54F3N5O6S2/c69-68(70,71)84(77,78)82-60-59(81-67(54-40-22-7-23-41-54,55-42-24-8-25-43-55)56-44-26-9-27-45-56)57(46-79-66(51-34-16-4-17-35-51,52-36-18-5-19-37-52)53-38-20-6-21-39-53)80-63(60)76-47-72-58-61(76)73-64(74-62(58)83)75-65(48-28-10-1-11-29-48,49-30-12-2-13-31-49)50-32-14-3-15-33-50/h1-45,47,57,59-60,63H,46H2,(H2,73,74,75,83)/t57-,59-,60-,63-/m1/s1. The number of aromatic amines is 1. The van der Waals surface area contributed by atoms with Crippen LogP contribution in [0, 0.1) is 4.64 Å². The predicted octanol–water partition coefficient (Wildman–Crippen LogP) is 14.4. The van der Waals surface area contributed by atoms with E-state index in [-0.39, 0.29) is 21.8 Å². The molecule has 11 aromatic rings. The van der Waals surface area contributed by atoms with Gasteiger partial charge in [0.25, 0.3) is 0 Å². The van der Waals surface area contributed by atoms with Crippen molar-refractivity contribution in [1.29, 1.82) is 0 Å². The van der Waals surface area contributed by atoms with Crippen LogP contribution in [0.3, 0.4) is 0 Å². The summed E-state index contributed by atoms with van der Waals surface area (Å²) < 4.78 is 103. The van der Waals surface area contributed by atoms with Gasteiger partial charge in [-0.05, 0) is 50.1 Å². The number of benzene rings is 9. The first-order chi connectivity index (χ1) is 40.9. The van der Waals surface area contributed by atoms with Crippen molar-refractivity contribution in [3.05, 3.63) is 334 Å². The van der Waals surface area contributed by atoms with Crippen LogP contribution >= 0.6 is 12.2 Å². The summed E-state index contributed by atoms with van der Waals surface area (Å²) in [6.45, 7) is -0.426. The van der Waals surface area contributed by atoms with Gasteiger partial charge in [0.1, 0.15) is 40.1 Å². The quantitative estimate of drug-likeness (QED) is 0.0349. The largest absolute Gasteiger partial charge is 0.523 e. The van der Waals surface area contributed by atoms with E-state index in [1.807, 2.05) is 273 Å². The Morgan fingerprint density at radius 2 is 0.857 bits per heavy atom. The Morgan fingerprint density at radius 1 is 0.512 bits per heavy atom. The molecule has 12 rings (SSSR count). The summed E-state index contributed by atoms with van der Waals surface area (Å²) in [6, 6.07) is 85.4. The predicted molar refractivity (Wildman–Crippen MR) is 319 cm³/mol. The van der Waals surface area contributed by atoms with Crippen molar-refractivity contribution in [3.63, 3.8) is 0 Å². The topological polar surface area (TPSA) is 130 Å². The zero-order valence-electron chi connectivity index (χ0n) is 44.8. The first-order valence-corrected chi connectivity index (χ1v) is 29.0. The minimum atomic E-state index is -6.46. The molecule has 420 valence electrons. The average molecular weight is 1160 g/mol. The van der Waals surface area contributed by atoms with Gasteiger partial charge in [-0.25, -0.2) is 9.97 Å². The number of aromatic nitrogens is 4. The van der Waals surface area contributed by atoms with Gasteiger partial charge in [0.05, 0.1) is 12.9 Å². The van der Waals surface area contributed by atoms with E-state index in [1.54, 1.807) is 0 Å². The summed E-state index contributed by atoms with van der Waals surface area (Å²) in [4.78, 5) is 12.9. The number of H-pyrrole nitrogens is 1. The maximum absolute atomic E-state index is 15.2. The SMILES string of the molecule is O=S(=O)(O[C@@H]1[C@H](OC(c2ccccc2)(c2ccccc2)c2ccccc2)[C@@H](COC(c2ccccc2)(c2ccccc2)c2ccccc2)O[C@H]1n1cnc2c(=S)nc(NC(c3ccccc3)(c3ccccc3)c3ccccc3)[nH]c21)C(F)(F)F. The van der Waals surface area contributed by atoms with Crippen LogP contribution in [0.1, 0.15) is 56.3 Å². The second-order valence-electron chi connectivity index (χ2n) is 20.2. The molecule has 0 amide bonds. The fourth-order valence-electron chi connectivity index (χ4n) is 11.6.